The van der Waals surface area contributed by atoms with Gasteiger partial charge in [-0.3, -0.25) is 9.48 Å². The fourth-order valence-electron chi connectivity index (χ4n) is 3.63. The smallest absolute Gasteiger partial charge is 0.244 e. The molecule has 1 aromatic carbocycles. The minimum absolute atomic E-state index is 0.0956. The molecule has 5 heteroatoms. The first-order valence-electron chi connectivity index (χ1n) is 8.57. The predicted molar refractivity (Wildman–Crippen MR) is 96.4 cm³/mol. The zero-order chi connectivity index (χ0) is 17.3. The molecule has 2 heterocycles. The maximum atomic E-state index is 12.8. The van der Waals surface area contributed by atoms with E-state index in [4.69, 9.17) is 0 Å². The predicted octanol–water partition coefficient (Wildman–Crippen LogP) is 2.51. The van der Waals surface area contributed by atoms with E-state index in [9.17, 15) is 4.79 Å². The van der Waals surface area contributed by atoms with Gasteiger partial charge in [0.15, 0.2) is 0 Å². The molecule has 0 aliphatic carbocycles. The molecule has 2 aromatic rings. The molecule has 1 aromatic heterocycles. The molecule has 1 aliphatic heterocycles. The van der Waals surface area contributed by atoms with E-state index >= 15 is 0 Å². The Morgan fingerprint density at radius 2 is 1.88 bits per heavy atom. The van der Waals surface area contributed by atoms with E-state index in [1.54, 1.807) is 0 Å². The fraction of sp³-hybridized carbons (Fsp3) is 0.474. The molecule has 3 rings (SSSR count). The summed E-state index contributed by atoms with van der Waals surface area (Å²) in [6.45, 7) is 10.6. The molecule has 1 saturated heterocycles. The molecule has 128 valence electrons. The number of amides is 1. The van der Waals surface area contributed by atoms with Crippen LogP contribution in [-0.4, -0.2) is 34.8 Å². The molecule has 24 heavy (non-hydrogen) atoms. The monoisotopic (exact) mass is 326 g/mol. The van der Waals surface area contributed by atoms with E-state index in [2.05, 4.69) is 43.3 Å². The van der Waals surface area contributed by atoms with E-state index in [1.165, 1.54) is 16.7 Å². The van der Waals surface area contributed by atoms with Crippen LogP contribution in [0.3, 0.4) is 0 Å². The van der Waals surface area contributed by atoms with Crippen LogP contribution < -0.4 is 10.2 Å². The molecule has 0 saturated carbocycles. The van der Waals surface area contributed by atoms with Gasteiger partial charge in [0, 0.05) is 25.0 Å². The highest BCUT2D eigenvalue weighted by Crippen LogP contribution is 2.29. The van der Waals surface area contributed by atoms with Crippen molar-refractivity contribution < 1.29 is 4.79 Å². The zero-order valence-electron chi connectivity index (χ0n) is 15.0. The van der Waals surface area contributed by atoms with Crippen LogP contribution >= 0.6 is 0 Å². The lowest BCUT2D eigenvalue weighted by Crippen LogP contribution is -2.40. The van der Waals surface area contributed by atoms with E-state index in [0.717, 1.165) is 37.3 Å². The number of aryl methyl sites for hydroxylation is 4. The topological polar surface area (TPSA) is 50.2 Å². The van der Waals surface area contributed by atoms with Gasteiger partial charge in [0.25, 0.3) is 0 Å². The van der Waals surface area contributed by atoms with Gasteiger partial charge in [-0.2, -0.15) is 5.10 Å². The van der Waals surface area contributed by atoms with Crippen LogP contribution in [0.2, 0.25) is 0 Å². The van der Waals surface area contributed by atoms with Gasteiger partial charge < -0.3 is 10.2 Å². The molecular formula is C19H26N4O. The number of rotatable bonds is 5. The van der Waals surface area contributed by atoms with Gasteiger partial charge in [-0.25, -0.2) is 0 Å². The normalized spacial score (nSPS) is 17.8. The summed E-state index contributed by atoms with van der Waals surface area (Å²) < 4.78 is 1.91. The third-order valence-corrected chi connectivity index (χ3v) is 4.60. The second-order valence-corrected chi connectivity index (χ2v) is 6.81. The highest BCUT2D eigenvalue weighted by atomic mass is 16.2. The van der Waals surface area contributed by atoms with Crippen molar-refractivity contribution in [1.82, 2.24) is 15.1 Å². The van der Waals surface area contributed by atoms with Crippen molar-refractivity contribution >= 4 is 11.6 Å². The second kappa shape index (κ2) is 6.77. The second-order valence-electron chi connectivity index (χ2n) is 6.81. The van der Waals surface area contributed by atoms with Gasteiger partial charge in [-0.1, -0.05) is 17.7 Å². The highest BCUT2D eigenvalue weighted by Gasteiger charge is 2.33. The van der Waals surface area contributed by atoms with Gasteiger partial charge in [0.05, 0.1) is 18.8 Å². The van der Waals surface area contributed by atoms with Crippen LogP contribution in [0.1, 0.15) is 28.7 Å². The van der Waals surface area contributed by atoms with Crippen molar-refractivity contribution in [1.29, 1.82) is 0 Å². The van der Waals surface area contributed by atoms with Crippen LogP contribution in [0.4, 0.5) is 5.69 Å². The molecule has 1 unspecified atom stereocenters. The number of carbonyl (C=O) groups excluding carboxylic acids is 1. The largest absolute Gasteiger partial charge is 0.310 e. The lowest BCUT2D eigenvalue weighted by atomic mass is 10.0. The van der Waals surface area contributed by atoms with Crippen molar-refractivity contribution in [3.8, 4) is 0 Å². The summed E-state index contributed by atoms with van der Waals surface area (Å²) in [7, 11) is 0. The molecule has 5 nitrogen and oxygen atoms in total. The lowest BCUT2D eigenvalue weighted by molar-refractivity contribution is -0.118. The third-order valence-electron chi connectivity index (χ3n) is 4.60. The number of hydrogen-bond donors (Lipinski definition) is 1. The summed E-state index contributed by atoms with van der Waals surface area (Å²) >= 11 is 0. The van der Waals surface area contributed by atoms with Gasteiger partial charge in [-0.15, -0.1) is 0 Å². The van der Waals surface area contributed by atoms with Gasteiger partial charge in [0.1, 0.15) is 0 Å². The number of carbonyl (C=O) groups is 1. The quantitative estimate of drug-likeness (QED) is 0.918. The summed E-state index contributed by atoms with van der Waals surface area (Å²) in [5.74, 6) is 0.182. The standard InChI is InChI=1S/C19H26N4O/c1-13-9-15(3)18(16(4)10-13)23-7-5-17(19(23)24)20-6-8-22-12-14(2)11-21-22/h9-12,17,20H,5-8H2,1-4H3. The minimum Gasteiger partial charge on any atom is -0.310 e. The van der Waals surface area contributed by atoms with Crippen molar-refractivity contribution in [2.75, 3.05) is 18.0 Å². The van der Waals surface area contributed by atoms with Crippen LogP contribution in [0, 0.1) is 27.7 Å². The maximum absolute atomic E-state index is 12.8. The molecular weight excluding hydrogens is 300 g/mol. The number of nitrogens with zero attached hydrogens (tertiary/aromatic N) is 3. The molecule has 0 bridgehead atoms. The number of nitrogens with one attached hydrogen (secondary N) is 1. The average molecular weight is 326 g/mol. The van der Waals surface area contributed by atoms with E-state index < -0.39 is 0 Å². The molecule has 1 aliphatic rings. The summed E-state index contributed by atoms with van der Waals surface area (Å²) in [5, 5.41) is 7.66. The molecule has 0 radical (unpaired) electrons. The Morgan fingerprint density at radius 3 is 2.50 bits per heavy atom. The first-order valence-corrected chi connectivity index (χ1v) is 8.57. The van der Waals surface area contributed by atoms with Crippen molar-refractivity contribution in [3.63, 3.8) is 0 Å². The van der Waals surface area contributed by atoms with Crippen molar-refractivity contribution in [2.45, 2.75) is 46.7 Å². The number of hydrogen-bond acceptors (Lipinski definition) is 3. The summed E-state index contributed by atoms with van der Waals surface area (Å²) in [6.07, 6.45) is 4.72. The number of anilines is 1. The molecule has 1 atom stereocenters. The SMILES string of the molecule is Cc1cc(C)c(N2CCC(NCCn3cc(C)cn3)C2=O)c(C)c1. The van der Waals surface area contributed by atoms with E-state index in [-0.39, 0.29) is 11.9 Å². The Kier molecular flexibility index (Phi) is 4.71. The van der Waals surface area contributed by atoms with Crippen LogP contribution in [0.25, 0.3) is 0 Å². The van der Waals surface area contributed by atoms with Gasteiger partial charge in [-0.05, 0) is 50.8 Å². The Hall–Kier alpha value is -2.14. The minimum atomic E-state index is -0.0956. The molecule has 1 fully saturated rings. The van der Waals surface area contributed by atoms with Gasteiger partial charge >= 0.3 is 0 Å². The average Bonchev–Trinajstić information content (AvgIpc) is 3.06. The molecule has 1 N–H and O–H groups in total. The van der Waals surface area contributed by atoms with Crippen molar-refractivity contribution in [2.24, 2.45) is 0 Å². The molecule has 1 amide bonds. The van der Waals surface area contributed by atoms with E-state index in [1.807, 2.05) is 28.9 Å². The maximum Gasteiger partial charge on any atom is 0.244 e. The Labute approximate surface area is 143 Å². The lowest BCUT2D eigenvalue weighted by Gasteiger charge is -2.22. The highest BCUT2D eigenvalue weighted by molar-refractivity contribution is 6.00. The Morgan fingerprint density at radius 1 is 1.17 bits per heavy atom. The van der Waals surface area contributed by atoms with Crippen LogP contribution in [-0.2, 0) is 11.3 Å². The van der Waals surface area contributed by atoms with Gasteiger partial charge in [0.2, 0.25) is 5.91 Å². The van der Waals surface area contributed by atoms with Crippen LogP contribution in [0.5, 0.6) is 0 Å². The summed E-state index contributed by atoms with van der Waals surface area (Å²) in [6, 6.07) is 4.20. The summed E-state index contributed by atoms with van der Waals surface area (Å²) in [5.41, 5.74) is 5.83. The first-order chi connectivity index (χ1) is 11.5. The Bertz CT molecular complexity index is 727. The number of benzene rings is 1. The molecule has 0 spiro atoms. The van der Waals surface area contributed by atoms with Crippen molar-refractivity contribution in [3.05, 3.63) is 46.8 Å². The number of aromatic nitrogens is 2. The summed E-state index contributed by atoms with van der Waals surface area (Å²) in [4.78, 5) is 14.7. The first kappa shape index (κ1) is 16.7. The fourth-order valence-corrected chi connectivity index (χ4v) is 3.63. The third kappa shape index (κ3) is 3.36. The van der Waals surface area contributed by atoms with E-state index in [0.29, 0.717) is 0 Å². The Balaban J connectivity index is 1.63. The zero-order valence-corrected chi connectivity index (χ0v) is 15.0. The van der Waals surface area contributed by atoms with Crippen LogP contribution in [0.15, 0.2) is 24.5 Å².